The molecule has 0 saturated carbocycles. The summed E-state index contributed by atoms with van der Waals surface area (Å²) in [7, 11) is -3.73. The van der Waals surface area contributed by atoms with Gasteiger partial charge in [-0.2, -0.15) is 4.31 Å². The Morgan fingerprint density at radius 3 is 2.60 bits per heavy atom. The van der Waals surface area contributed by atoms with Gasteiger partial charge >= 0.3 is 5.97 Å². The summed E-state index contributed by atoms with van der Waals surface area (Å²) in [5.41, 5.74) is 5.96. The molecule has 1 aromatic carbocycles. The number of para-hydroxylation sites is 1. The molecular weight excluding hydrogens is 280 g/mol. The van der Waals surface area contributed by atoms with Gasteiger partial charge in [0.1, 0.15) is 4.90 Å². The molecule has 0 spiro atoms. The lowest BCUT2D eigenvalue weighted by molar-refractivity contribution is -0.142. The zero-order chi connectivity index (χ0) is 14.5. The number of nitrogens with zero attached hydrogens (tertiary/aromatic N) is 1. The molecule has 0 radical (unpaired) electrons. The summed E-state index contributed by atoms with van der Waals surface area (Å²) in [5, 5.41) is 9.20. The fourth-order valence-electron chi connectivity index (χ4n) is 3.41. The van der Waals surface area contributed by atoms with Gasteiger partial charge in [0.05, 0.1) is 11.6 Å². The molecule has 20 heavy (non-hydrogen) atoms. The van der Waals surface area contributed by atoms with Gasteiger partial charge in [0, 0.05) is 12.1 Å². The second kappa shape index (κ2) is 4.46. The molecule has 2 bridgehead atoms. The lowest BCUT2D eigenvalue weighted by Gasteiger charge is -2.23. The fourth-order valence-corrected chi connectivity index (χ4v) is 5.44. The number of hydrogen-bond acceptors (Lipinski definition) is 4. The molecule has 7 heteroatoms. The van der Waals surface area contributed by atoms with Crippen molar-refractivity contribution in [3.05, 3.63) is 24.3 Å². The number of carbonyl (C=O) groups is 1. The normalized spacial score (nSPS) is 29.7. The largest absolute Gasteiger partial charge is 0.481 e. The lowest BCUT2D eigenvalue weighted by atomic mass is 9.89. The van der Waals surface area contributed by atoms with E-state index in [-0.39, 0.29) is 16.6 Å². The Bertz CT molecular complexity index is 658. The van der Waals surface area contributed by atoms with Gasteiger partial charge in [0.15, 0.2) is 0 Å². The molecule has 1 aromatic rings. The highest BCUT2D eigenvalue weighted by Gasteiger charge is 2.54. The Morgan fingerprint density at radius 2 is 2.00 bits per heavy atom. The predicted molar refractivity (Wildman–Crippen MR) is 72.4 cm³/mol. The van der Waals surface area contributed by atoms with Crippen molar-refractivity contribution in [3.63, 3.8) is 0 Å². The van der Waals surface area contributed by atoms with Gasteiger partial charge in [-0.15, -0.1) is 0 Å². The van der Waals surface area contributed by atoms with Crippen molar-refractivity contribution in [2.75, 3.05) is 5.73 Å². The van der Waals surface area contributed by atoms with Crippen molar-refractivity contribution in [1.82, 2.24) is 4.31 Å². The highest BCUT2D eigenvalue weighted by molar-refractivity contribution is 7.89. The van der Waals surface area contributed by atoms with Crippen molar-refractivity contribution in [2.24, 2.45) is 5.92 Å². The first-order valence-electron chi connectivity index (χ1n) is 6.54. The molecule has 3 atom stereocenters. The summed E-state index contributed by atoms with van der Waals surface area (Å²) in [5.74, 6) is -1.52. The topological polar surface area (TPSA) is 101 Å². The first-order valence-corrected chi connectivity index (χ1v) is 7.98. The average Bonchev–Trinajstić information content (AvgIpc) is 2.97. The highest BCUT2D eigenvalue weighted by Crippen LogP contribution is 2.45. The van der Waals surface area contributed by atoms with E-state index in [1.54, 1.807) is 18.2 Å². The number of nitrogen functional groups attached to an aromatic ring is 1. The zero-order valence-corrected chi connectivity index (χ0v) is 11.6. The van der Waals surface area contributed by atoms with Gasteiger partial charge in [0.25, 0.3) is 0 Å². The first kappa shape index (κ1) is 13.4. The van der Waals surface area contributed by atoms with Crippen molar-refractivity contribution >= 4 is 21.7 Å². The second-order valence-electron chi connectivity index (χ2n) is 5.35. The quantitative estimate of drug-likeness (QED) is 0.807. The number of fused-ring (bicyclic) bond motifs is 2. The van der Waals surface area contributed by atoms with E-state index in [1.807, 2.05) is 0 Å². The Balaban J connectivity index is 2.02. The molecule has 2 aliphatic rings. The van der Waals surface area contributed by atoms with Crippen molar-refractivity contribution in [2.45, 2.75) is 36.2 Å². The molecule has 3 N–H and O–H groups in total. The van der Waals surface area contributed by atoms with Gasteiger partial charge in [-0.05, 0) is 31.4 Å². The van der Waals surface area contributed by atoms with Gasteiger partial charge < -0.3 is 10.8 Å². The van der Waals surface area contributed by atoms with Crippen LogP contribution in [0.3, 0.4) is 0 Å². The number of sulfonamides is 1. The molecule has 2 fully saturated rings. The van der Waals surface area contributed by atoms with Crippen molar-refractivity contribution in [1.29, 1.82) is 0 Å². The van der Waals surface area contributed by atoms with Crippen LogP contribution in [0.15, 0.2) is 29.2 Å². The number of benzene rings is 1. The molecule has 108 valence electrons. The van der Waals surface area contributed by atoms with Crippen LogP contribution in [0.2, 0.25) is 0 Å². The molecule has 0 aliphatic carbocycles. The van der Waals surface area contributed by atoms with Crippen LogP contribution in [0, 0.1) is 5.92 Å². The van der Waals surface area contributed by atoms with Crippen LogP contribution in [0.25, 0.3) is 0 Å². The summed E-state index contributed by atoms with van der Waals surface area (Å²) in [4.78, 5) is 11.3. The van der Waals surface area contributed by atoms with E-state index in [0.29, 0.717) is 12.8 Å². The lowest BCUT2D eigenvalue weighted by Crippen LogP contribution is -2.38. The van der Waals surface area contributed by atoms with Gasteiger partial charge in [-0.3, -0.25) is 4.79 Å². The number of rotatable bonds is 3. The third kappa shape index (κ3) is 1.81. The van der Waals surface area contributed by atoms with Crippen LogP contribution in [0.1, 0.15) is 19.3 Å². The summed E-state index contributed by atoms with van der Waals surface area (Å²) in [6.45, 7) is 0. The van der Waals surface area contributed by atoms with Crippen LogP contribution >= 0.6 is 0 Å². The molecule has 2 heterocycles. The predicted octanol–water partition coefficient (Wildman–Crippen LogP) is 0.895. The van der Waals surface area contributed by atoms with E-state index in [9.17, 15) is 18.3 Å². The Labute approximate surface area is 117 Å². The van der Waals surface area contributed by atoms with Gasteiger partial charge in [0.2, 0.25) is 10.0 Å². The average molecular weight is 296 g/mol. The number of anilines is 1. The Hall–Kier alpha value is -1.60. The van der Waals surface area contributed by atoms with E-state index in [1.165, 1.54) is 10.4 Å². The van der Waals surface area contributed by atoms with Crippen LogP contribution in [-0.2, 0) is 14.8 Å². The summed E-state index contributed by atoms with van der Waals surface area (Å²) in [6.07, 6.45) is 1.72. The molecular formula is C13H16N2O4S. The Morgan fingerprint density at radius 1 is 1.30 bits per heavy atom. The van der Waals surface area contributed by atoms with E-state index < -0.39 is 28.0 Å². The van der Waals surface area contributed by atoms with E-state index >= 15 is 0 Å². The molecule has 2 aliphatic heterocycles. The minimum atomic E-state index is -3.73. The van der Waals surface area contributed by atoms with E-state index in [0.717, 1.165) is 6.42 Å². The maximum Gasteiger partial charge on any atom is 0.308 e. The minimum absolute atomic E-state index is 0.0722. The SMILES string of the molecule is Nc1ccccc1S(=O)(=O)N1C2CCC1C(C(=O)O)C2. The van der Waals surface area contributed by atoms with Crippen molar-refractivity contribution in [3.8, 4) is 0 Å². The maximum atomic E-state index is 12.7. The van der Waals surface area contributed by atoms with Crippen LogP contribution < -0.4 is 5.73 Å². The van der Waals surface area contributed by atoms with E-state index in [2.05, 4.69) is 0 Å². The summed E-state index contributed by atoms with van der Waals surface area (Å²) < 4.78 is 26.8. The zero-order valence-electron chi connectivity index (χ0n) is 10.8. The van der Waals surface area contributed by atoms with Gasteiger partial charge in [-0.1, -0.05) is 12.1 Å². The summed E-state index contributed by atoms with van der Waals surface area (Å²) in [6, 6.07) is 5.65. The van der Waals surface area contributed by atoms with Crippen molar-refractivity contribution < 1.29 is 18.3 Å². The molecule has 2 saturated heterocycles. The third-order valence-electron chi connectivity index (χ3n) is 4.26. The van der Waals surface area contributed by atoms with Crippen LogP contribution in [0.5, 0.6) is 0 Å². The molecule has 3 rings (SSSR count). The minimum Gasteiger partial charge on any atom is -0.481 e. The standard InChI is InChI=1S/C13H16N2O4S/c14-10-3-1-2-4-12(10)20(18,19)15-8-5-6-11(15)9(7-8)13(16)17/h1-4,8-9,11H,5-7,14H2,(H,16,17). The number of carboxylic acid groups (broad SMARTS) is 1. The number of hydrogen-bond donors (Lipinski definition) is 2. The second-order valence-corrected chi connectivity index (χ2v) is 7.16. The van der Waals surface area contributed by atoms with Crippen LogP contribution in [-0.4, -0.2) is 35.9 Å². The summed E-state index contributed by atoms with van der Waals surface area (Å²) >= 11 is 0. The molecule has 6 nitrogen and oxygen atoms in total. The highest BCUT2D eigenvalue weighted by atomic mass is 32.2. The maximum absolute atomic E-state index is 12.7. The van der Waals surface area contributed by atoms with Crippen LogP contribution in [0.4, 0.5) is 5.69 Å². The molecule has 0 aromatic heterocycles. The third-order valence-corrected chi connectivity index (χ3v) is 6.32. The van der Waals surface area contributed by atoms with Gasteiger partial charge in [-0.25, -0.2) is 8.42 Å². The number of carboxylic acids is 1. The monoisotopic (exact) mass is 296 g/mol. The van der Waals surface area contributed by atoms with E-state index in [4.69, 9.17) is 5.73 Å². The molecule has 3 unspecified atom stereocenters. The first-order chi connectivity index (χ1) is 9.43. The smallest absolute Gasteiger partial charge is 0.308 e. The number of nitrogens with two attached hydrogens (primary N) is 1. The Kier molecular flexibility index (Phi) is 2.98. The molecule has 0 amide bonds. The number of aliphatic carboxylic acids is 1. The fraction of sp³-hybridized carbons (Fsp3) is 0.462.